The molecular weight excluding hydrogens is 366 g/mol. The highest BCUT2D eigenvalue weighted by Gasteiger charge is 2.23. The Morgan fingerprint density at radius 3 is 2.86 bits per heavy atom. The molecule has 0 saturated carbocycles. The second-order valence-electron chi connectivity index (χ2n) is 7.48. The van der Waals surface area contributed by atoms with Crippen LogP contribution < -0.4 is 9.64 Å². The number of hydrogen-bond donors (Lipinski definition) is 0. The van der Waals surface area contributed by atoms with E-state index in [9.17, 15) is 0 Å². The first-order valence-electron chi connectivity index (χ1n) is 9.79. The Kier molecular flexibility index (Phi) is 4.19. The smallest absolute Gasteiger partial charge is 0.221 e. The van der Waals surface area contributed by atoms with Gasteiger partial charge >= 0.3 is 0 Å². The fraction of sp³-hybridized carbons (Fsp3) is 0.333. The maximum Gasteiger partial charge on any atom is 0.221 e. The van der Waals surface area contributed by atoms with Crippen molar-refractivity contribution in [1.82, 2.24) is 29.1 Å². The van der Waals surface area contributed by atoms with Gasteiger partial charge in [0.15, 0.2) is 5.65 Å². The molecule has 148 valence electrons. The van der Waals surface area contributed by atoms with Crippen molar-refractivity contribution >= 4 is 11.5 Å². The zero-order valence-electron chi connectivity index (χ0n) is 16.8. The Balaban J connectivity index is 1.55. The van der Waals surface area contributed by atoms with Crippen LogP contribution in [0.2, 0.25) is 0 Å². The minimum Gasteiger partial charge on any atom is -0.481 e. The third-order valence-corrected chi connectivity index (χ3v) is 5.43. The van der Waals surface area contributed by atoms with E-state index in [-0.39, 0.29) is 0 Å². The lowest BCUT2D eigenvalue weighted by Gasteiger charge is -2.29. The van der Waals surface area contributed by atoms with Crippen LogP contribution in [0.3, 0.4) is 0 Å². The number of fused-ring (bicyclic) bond motifs is 2. The summed E-state index contributed by atoms with van der Waals surface area (Å²) >= 11 is 0. The number of imidazole rings is 1. The molecule has 0 aromatic carbocycles. The van der Waals surface area contributed by atoms with Crippen LogP contribution in [-0.2, 0) is 13.0 Å². The molecule has 1 aliphatic heterocycles. The number of pyridine rings is 1. The minimum atomic E-state index is 0.390. The average molecular weight is 389 g/mol. The Bertz CT molecular complexity index is 1180. The molecule has 0 atom stereocenters. The summed E-state index contributed by atoms with van der Waals surface area (Å²) in [4.78, 5) is 16.2. The van der Waals surface area contributed by atoms with Crippen LogP contribution in [0, 0.1) is 0 Å². The largest absolute Gasteiger partial charge is 0.481 e. The minimum absolute atomic E-state index is 0.390. The van der Waals surface area contributed by atoms with Crippen LogP contribution in [0.4, 0.5) is 5.82 Å². The molecule has 5 heterocycles. The summed E-state index contributed by atoms with van der Waals surface area (Å²) in [6, 6.07) is 6.28. The van der Waals surface area contributed by atoms with Gasteiger partial charge in [-0.3, -0.25) is 0 Å². The molecule has 0 saturated heterocycles. The second kappa shape index (κ2) is 6.88. The predicted octanol–water partition coefficient (Wildman–Crippen LogP) is 3.14. The van der Waals surface area contributed by atoms with E-state index in [1.807, 2.05) is 36.9 Å². The van der Waals surface area contributed by atoms with Gasteiger partial charge in [0.25, 0.3) is 0 Å². The molecule has 0 radical (unpaired) electrons. The maximum atomic E-state index is 5.43. The topological polar surface area (TPSA) is 73.4 Å². The zero-order chi connectivity index (χ0) is 20.0. The summed E-state index contributed by atoms with van der Waals surface area (Å²) in [5.74, 6) is 1.50. The van der Waals surface area contributed by atoms with E-state index in [1.54, 1.807) is 17.8 Å². The van der Waals surface area contributed by atoms with Gasteiger partial charge < -0.3 is 14.2 Å². The van der Waals surface area contributed by atoms with Gasteiger partial charge in [-0.15, -0.1) is 0 Å². The molecule has 0 N–H and O–H groups in total. The van der Waals surface area contributed by atoms with E-state index in [0.717, 1.165) is 42.1 Å². The van der Waals surface area contributed by atoms with Crippen molar-refractivity contribution in [3.8, 4) is 17.0 Å². The first-order valence-corrected chi connectivity index (χ1v) is 9.79. The number of hydrogen-bond acceptors (Lipinski definition) is 6. The zero-order valence-corrected chi connectivity index (χ0v) is 16.8. The molecule has 0 amide bonds. The van der Waals surface area contributed by atoms with E-state index in [4.69, 9.17) is 9.72 Å². The summed E-state index contributed by atoms with van der Waals surface area (Å²) in [6.45, 7) is 6.07. The van der Waals surface area contributed by atoms with Gasteiger partial charge in [-0.1, -0.05) is 0 Å². The monoisotopic (exact) mass is 389 g/mol. The molecule has 0 aliphatic carbocycles. The van der Waals surface area contributed by atoms with Gasteiger partial charge in [-0.25, -0.2) is 19.5 Å². The molecule has 29 heavy (non-hydrogen) atoms. The standard InChI is InChI=1S/C21H23N7O/c1-14(2)27-13-23-17-6-9-26(12-18(17)27)19-7-10-28-20(25-19)16(11-24-28)15-5-4-8-22-21(15)29-3/h4-5,7-8,10-11,13-14H,6,9,12H2,1-3H3. The van der Waals surface area contributed by atoms with E-state index >= 15 is 0 Å². The Morgan fingerprint density at radius 2 is 2.03 bits per heavy atom. The number of rotatable bonds is 4. The van der Waals surface area contributed by atoms with Crippen LogP contribution in [0.1, 0.15) is 31.3 Å². The molecule has 4 aromatic heterocycles. The number of anilines is 1. The SMILES string of the molecule is COc1ncccc1-c1cnn2ccc(N3CCc4ncn(C(C)C)c4C3)nc12. The summed E-state index contributed by atoms with van der Waals surface area (Å²) in [6.07, 6.45) is 8.37. The quantitative estimate of drug-likeness (QED) is 0.534. The normalized spacial score (nSPS) is 13.9. The van der Waals surface area contributed by atoms with Gasteiger partial charge in [0.05, 0.1) is 43.1 Å². The van der Waals surface area contributed by atoms with E-state index in [2.05, 4.69) is 38.4 Å². The van der Waals surface area contributed by atoms with Crippen molar-refractivity contribution in [2.24, 2.45) is 0 Å². The Morgan fingerprint density at radius 1 is 1.14 bits per heavy atom. The van der Waals surface area contributed by atoms with Crippen molar-refractivity contribution in [3.63, 3.8) is 0 Å². The molecule has 0 fully saturated rings. The molecule has 5 rings (SSSR count). The summed E-state index contributed by atoms with van der Waals surface area (Å²) in [7, 11) is 1.62. The van der Waals surface area contributed by atoms with Crippen LogP contribution in [0.25, 0.3) is 16.8 Å². The third kappa shape index (κ3) is 2.91. The number of methoxy groups -OCH3 is 1. The Labute approximate surface area is 168 Å². The lowest BCUT2D eigenvalue weighted by atomic mass is 10.1. The first-order chi connectivity index (χ1) is 14.2. The van der Waals surface area contributed by atoms with Crippen molar-refractivity contribution < 1.29 is 4.74 Å². The van der Waals surface area contributed by atoms with Crippen LogP contribution in [0.15, 0.2) is 43.1 Å². The highest BCUT2D eigenvalue weighted by atomic mass is 16.5. The van der Waals surface area contributed by atoms with E-state index in [0.29, 0.717) is 11.9 Å². The number of aromatic nitrogens is 6. The number of nitrogens with zero attached hydrogens (tertiary/aromatic N) is 7. The highest BCUT2D eigenvalue weighted by molar-refractivity contribution is 5.80. The predicted molar refractivity (Wildman–Crippen MR) is 110 cm³/mol. The molecule has 0 spiro atoms. The molecule has 8 heteroatoms. The van der Waals surface area contributed by atoms with E-state index in [1.165, 1.54) is 11.4 Å². The van der Waals surface area contributed by atoms with Crippen molar-refractivity contribution in [1.29, 1.82) is 0 Å². The molecule has 0 bridgehead atoms. The Hall–Kier alpha value is -3.42. The van der Waals surface area contributed by atoms with Gasteiger partial charge in [-0.2, -0.15) is 5.10 Å². The van der Waals surface area contributed by atoms with Crippen molar-refractivity contribution in [2.75, 3.05) is 18.6 Å². The fourth-order valence-corrected chi connectivity index (χ4v) is 3.93. The third-order valence-electron chi connectivity index (χ3n) is 5.43. The van der Waals surface area contributed by atoms with Gasteiger partial charge in [0.1, 0.15) is 5.82 Å². The average Bonchev–Trinajstić information content (AvgIpc) is 3.36. The van der Waals surface area contributed by atoms with Crippen LogP contribution in [-0.4, -0.2) is 42.8 Å². The number of ether oxygens (including phenoxy) is 1. The second-order valence-corrected chi connectivity index (χ2v) is 7.48. The molecule has 0 unspecified atom stereocenters. The molecular formula is C21H23N7O. The summed E-state index contributed by atoms with van der Waals surface area (Å²) in [5, 5.41) is 4.46. The maximum absolute atomic E-state index is 5.43. The molecule has 1 aliphatic rings. The summed E-state index contributed by atoms with van der Waals surface area (Å²) < 4.78 is 9.48. The summed E-state index contributed by atoms with van der Waals surface area (Å²) in [5.41, 5.74) is 5.05. The van der Waals surface area contributed by atoms with Crippen molar-refractivity contribution in [2.45, 2.75) is 32.9 Å². The van der Waals surface area contributed by atoms with Crippen LogP contribution >= 0.6 is 0 Å². The first kappa shape index (κ1) is 17.7. The molecule has 4 aromatic rings. The lowest BCUT2D eigenvalue weighted by molar-refractivity contribution is 0.400. The van der Waals surface area contributed by atoms with E-state index < -0.39 is 0 Å². The fourth-order valence-electron chi connectivity index (χ4n) is 3.93. The van der Waals surface area contributed by atoms with Gasteiger partial charge in [-0.05, 0) is 32.0 Å². The highest BCUT2D eigenvalue weighted by Crippen LogP contribution is 2.31. The van der Waals surface area contributed by atoms with Crippen LogP contribution in [0.5, 0.6) is 5.88 Å². The lowest BCUT2D eigenvalue weighted by Crippen LogP contribution is -2.32. The van der Waals surface area contributed by atoms with Gasteiger partial charge in [0, 0.05) is 37.0 Å². The molecule has 8 nitrogen and oxygen atoms in total. The van der Waals surface area contributed by atoms with Gasteiger partial charge in [0.2, 0.25) is 5.88 Å². The van der Waals surface area contributed by atoms with Crippen molar-refractivity contribution in [3.05, 3.63) is 54.5 Å².